The number of H-pyrrole nitrogens is 1. The smallest absolute Gasteiger partial charge is 0.132 e. The minimum Gasteiger partial charge on any atom is -0.347 e. The lowest BCUT2D eigenvalue weighted by molar-refractivity contribution is 0.531. The zero-order chi connectivity index (χ0) is 22.8. The van der Waals surface area contributed by atoms with E-state index in [1.54, 1.807) is 0 Å². The van der Waals surface area contributed by atoms with E-state index in [9.17, 15) is 0 Å². The first-order chi connectivity index (χ1) is 16.1. The monoisotopic (exact) mass is 434 g/mol. The summed E-state index contributed by atoms with van der Waals surface area (Å²) in [6.07, 6.45) is 3.09. The highest BCUT2D eigenvalue weighted by Gasteiger charge is 2.14. The first-order valence-electron chi connectivity index (χ1n) is 11.7. The molecule has 3 aromatic carbocycles. The van der Waals surface area contributed by atoms with Crippen LogP contribution in [0.4, 0.5) is 11.5 Å². The molecule has 2 aromatic heterocycles. The van der Waals surface area contributed by atoms with Crippen LogP contribution < -0.4 is 5.01 Å². The summed E-state index contributed by atoms with van der Waals surface area (Å²) in [7, 11) is 0. The van der Waals surface area contributed by atoms with Gasteiger partial charge in [0.05, 0.1) is 11.4 Å². The van der Waals surface area contributed by atoms with E-state index >= 15 is 0 Å². The summed E-state index contributed by atoms with van der Waals surface area (Å²) in [4.78, 5) is 3.29. The van der Waals surface area contributed by atoms with Gasteiger partial charge in [-0.3, -0.25) is 0 Å². The lowest BCUT2D eigenvalue weighted by Crippen LogP contribution is -2.13. The Labute approximate surface area is 195 Å². The molecule has 0 bridgehead atoms. The molecule has 5 aromatic rings. The summed E-state index contributed by atoms with van der Waals surface area (Å²) in [5.74, 6) is 1.61. The molecule has 5 rings (SSSR count). The molecule has 0 spiro atoms. The highest BCUT2D eigenvalue weighted by Crippen LogP contribution is 2.31. The van der Waals surface area contributed by atoms with E-state index in [1.807, 2.05) is 41.5 Å². The first-order valence-corrected chi connectivity index (χ1v) is 11.7. The van der Waals surface area contributed by atoms with Crippen LogP contribution in [0.3, 0.4) is 0 Å². The molecule has 0 atom stereocenters. The summed E-state index contributed by atoms with van der Waals surface area (Å²) >= 11 is 0. The van der Waals surface area contributed by atoms with Crippen LogP contribution in [0.5, 0.6) is 0 Å². The fourth-order valence-electron chi connectivity index (χ4n) is 4.39. The predicted octanol–water partition coefficient (Wildman–Crippen LogP) is 7.73. The quantitative estimate of drug-likeness (QED) is 0.206. The molecule has 4 heteroatoms. The topological polar surface area (TPSA) is 36.3 Å². The van der Waals surface area contributed by atoms with Crippen molar-refractivity contribution in [2.24, 2.45) is 11.0 Å². The zero-order valence-corrected chi connectivity index (χ0v) is 19.5. The van der Waals surface area contributed by atoms with Crippen molar-refractivity contribution in [3.63, 3.8) is 0 Å². The zero-order valence-electron chi connectivity index (χ0n) is 19.5. The van der Waals surface area contributed by atoms with E-state index in [2.05, 4.69) is 84.9 Å². The van der Waals surface area contributed by atoms with Crippen molar-refractivity contribution < 1.29 is 0 Å². The van der Waals surface area contributed by atoms with Gasteiger partial charge in [0.2, 0.25) is 0 Å². The van der Waals surface area contributed by atoms with Crippen LogP contribution in [0.1, 0.15) is 32.8 Å². The maximum Gasteiger partial charge on any atom is 0.132 e. The van der Waals surface area contributed by atoms with Gasteiger partial charge >= 0.3 is 0 Å². The van der Waals surface area contributed by atoms with E-state index < -0.39 is 0 Å². The second-order valence-electron chi connectivity index (χ2n) is 8.97. The van der Waals surface area contributed by atoms with Crippen LogP contribution in [0.15, 0.2) is 96.2 Å². The normalized spacial score (nSPS) is 12.2. The molecule has 0 amide bonds. The lowest BCUT2D eigenvalue weighted by atomic mass is 10.1. The Hall–Kier alpha value is -3.79. The summed E-state index contributed by atoms with van der Waals surface area (Å²) in [5.41, 5.74) is 5.71. The maximum atomic E-state index is 5.02. The van der Waals surface area contributed by atoms with Gasteiger partial charge in [0.15, 0.2) is 0 Å². The number of hydrazone groups is 1. The van der Waals surface area contributed by atoms with Gasteiger partial charge in [0.1, 0.15) is 5.82 Å². The van der Waals surface area contributed by atoms with Crippen molar-refractivity contribution in [2.45, 2.75) is 33.7 Å². The van der Waals surface area contributed by atoms with Crippen molar-refractivity contribution in [3.05, 3.63) is 96.7 Å². The van der Waals surface area contributed by atoms with Crippen LogP contribution in [-0.2, 0) is 6.54 Å². The number of benzene rings is 3. The van der Waals surface area contributed by atoms with Gasteiger partial charge in [-0.2, -0.15) is 5.10 Å². The third-order valence-corrected chi connectivity index (χ3v) is 6.18. The molecular formula is C29H30N4. The Bertz CT molecular complexity index is 1390. The van der Waals surface area contributed by atoms with Gasteiger partial charge in [-0.15, -0.1) is 0 Å². The summed E-state index contributed by atoms with van der Waals surface area (Å²) < 4.78 is 2.47. The third-order valence-electron chi connectivity index (χ3n) is 6.18. The van der Waals surface area contributed by atoms with Crippen molar-refractivity contribution in [1.29, 1.82) is 0 Å². The SMILES string of the molecule is C/C(=N/N(c1ccccc1)c1ccc[nH]1)c1ccc2c(c1)c1ccccc1n2CCC(C)C. The highest BCUT2D eigenvalue weighted by molar-refractivity contribution is 6.11. The summed E-state index contributed by atoms with van der Waals surface area (Å²) in [6.45, 7) is 7.68. The van der Waals surface area contributed by atoms with Crippen LogP contribution >= 0.6 is 0 Å². The van der Waals surface area contributed by atoms with Gasteiger partial charge in [0.25, 0.3) is 0 Å². The van der Waals surface area contributed by atoms with Crippen LogP contribution in [0.2, 0.25) is 0 Å². The second-order valence-corrected chi connectivity index (χ2v) is 8.97. The average Bonchev–Trinajstić information content (AvgIpc) is 3.48. The van der Waals surface area contributed by atoms with E-state index in [0.29, 0.717) is 5.92 Å². The standard InChI is InChI=1S/C29H30N4/c1-21(2)17-19-32-27-13-8-7-12-25(27)26-20-23(15-16-28(26)32)22(3)31-33(29-14-9-18-30-29)24-10-5-4-6-11-24/h4-16,18,20-21,30H,17,19H2,1-3H3/b31-22-. The number of fused-ring (bicyclic) bond motifs is 3. The molecule has 0 saturated carbocycles. The molecule has 0 aliphatic rings. The minimum absolute atomic E-state index is 0.673. The number of anilines is 2. The van der Waals surface area contributed by atoms with Crippen molar-refractivity contribution in [3.8, 4) is 0 Å². The third kappa shape index (κ3) is 4.17. The van der Waals surface area contributed by atoms with E-state index in [-0.39, 0.29) is 0 Å². The number of nitrogens with zero attached hydrogens (tertiary/aromatic N) is 3. The minimum atomic E-state index is 0.673. The molecule has 0 radical (unpaired) electrons. The van der Waals surface area contributed by atoms with Gasteiger partial charge in [0, 0.05) is 34.5 Å². The molecule has 4 nitrogen and oxygen atoms in total. The highest BCUT2D eigenvalue weighted by atomic mass is 15.5. The molecule has 0 saturated heterocycles. The van der Waals surface area contributed by atoms with Gasteiger partial charge in [-0.05, 0) is 67.3 Å². The Morgan fingerprint density at radius 2 is 1.64 bits per heavy atom. The number of hydrogen-bond donors (Lipinski definition) is 1. The van der Waals surface area contributed by atoms with E-state index in [0.717, 1.165) is 35.7 Å². The summed E-state index contributed by atoms with van der Waals surface area (Å²) in [5, 5.41) is 9.57. The van der Waals surface area contributed by atoms with Crippen molar-refractivity contribution in [1.82, 2.24) is 9.55 Å². The van der Waals surface area contributed by atoms with Gasteiger partial charge < -0.3 is 9.55 Å². The van der Waals surface area contributed by atoms with Crippen LogP contribution in [-0.4, -0.2) is 15.3 Å². The largest absolute Gasteiger partial charge is 0.347 e. The van der Waals surface area contributed by atoms with Gasteiger partial charge in [-0.1, -0.05) is 56.3 Å². The molecular weight excluding hydrogens is 404 g/mol. The second kappa shape index (κ2) is 8.99. The number of aromatic nitrogens is 2. The Kier molecular flexibility index (Phi) is 5.74. The fraction of sp³-hybridized carbons (Fsp3) is 0.207. The molecule has 33 heavy (non-hydrogen) atoms. The molecule has 0 aliphatic carbocycles. The Balaban J connectivity index is 1.59. The number of nitrogens with one attached hydrogen (secondary N) is 1. The maximum absolute atomic E-state index is 5.02. The number of hydrogen-bond acceptors (Lipinski definition) is 2. The molecule has 0 aliphatic heterocycles. The van der Waals surface area contributed by atoms with Crippen molar-refractivity contribution in [2.75, 3.05) is 5.01 Å². The van der Waals surface area contributed by atoms with Gasteiger partial charge in [-0.25, -0.2) is 5.01 Å². The number of aryl methyl sites for hydroxylation is 1. The number of rotatable bonds is 7. The number of para-hydroxylation sites is 2. The predicted molar refractivity (Wildman–Crippen MR) is 140 cm³/mol. The lowest BCUT2D eigenvalue weighted by Gasteiger charge is -2.19. The average molecular weight is 435 g/mol. The molecule has 0 unspecified atom stereocenters. The van der Waals surface area contributed by atoms with Crippen LogP contribution in [0, 0.1) is 5.92 Å². The molecule has 2 heterocycles. The van der Waals surface area contributed by atoms with E-state index in [4.69, 9.17) is 5.10 Å². The number of aromatic amines is 1. The Morgan fingerprint density at radius 1 is 0.879 bits per heavy atom. The molecule has 1 N–H and O–H groups in total. The first kappa shape index (κ1) is 21.1. The molecule has 0 fully saturated rings. The fourth-order valence-corrected chi connectivity index (χ4v) is 4.39. The van der Waals surface area contributed by atoms with Crippen molar-refractivity contribution >= 4 is 39.0 Å². The molecule has 166 valence electrons. The van der Waals surface area contributed by atoms with Crippen LogP contribution in [0.25, 0.3) is 21.8 Å². The summed E-state index contributed by atoms with van der Waals surface area (Å²) in [6, 6.07) is 29.7. The van der Waals surface area contributed by atoms with E-state index in [1.165, 1.54) is 21.8 Å². The Morgan fingerprint density at radius 3 is 2.39 bits per heavy atom.